The Balaban J connectivity index is 4.89. The highest BCUT2D eigenvalue weighted by molar-refractivity contribution is 14.2. The summed E-state index contributed by atoms with van der Waals surface area (Å²) >= 11 is 4.16. The number of halogens is 2. The van der Waals surface area contributed by atoms with E-state index in [-0.39, 0.29) is 4.42 Å². The molecule has 0 N–H and O–H groups in total. The molecule has 0 saturated heterocycles. The smallest absolute Gasteiger partial charge is 0.445 e. The number of carbonyl (C=O) groups is 1. The lowest BCUT2D eigenvalue weighted by atomic mass is 10.0. The first-order valence-electron chi connectivity index (χ1n) is 5.40. The minimum Gasteiger partial charge on any atom is -0.445 e. The van der Waals surface area contributed by atoms with Gasteiger partial charge >= 0.3 is 10.4 Å². The highest BCUT2D eigenvalue weighted by atomic mass is 127. The monoisotopic (exact) mass is 509 g/mol. The fraction of sp³-hybridized carbons (Fsp3) is 0.750. The maximum Gasteiger partial charge on any atom is 0.494 e. The van der Waals surface area contributed by atoms with Gasteiger partial charge in [-0.3, -0.25) is 4.79 Å². The van der Waals surface area contributed by atoms with E-state index in [2.05, 4.69) is 45.3 Å². The number of carbonyl (C=O) groups excluding carboxylic acids is 1. The van der Waals surface area contributed by atoms with Gasteiger partial charge in [-0.2, -0.15) is 5.26 Å². The van der Waals surface area contributed by atoms with Gasteiger partial charge < -0.3 is 8.92 Å². The van der Waals surface area contributed by atoms with Crippen LogP contribution in [0.2, 0.25) is 0 Å². The quantitative estimate of drug-likeness (QED) is 0.302. The Morgan fingerprint density at radius 1 is 1.67 bits per heavy atom. The van der Waals surface area contributed by atoms with E-state index in [4.69, 9.17) is 17.4 Å². The standard InChI is InChI=1S/C8H15B2I2N2O2P2/c1-3-14(4-2,10(11)17)6-7(5-13)8(15)16-18(9)12/h7H,3-4,6,17H2,1-2H3/q+1. The summed E-state index contributed by atoms with van der Waals surface area (Å²) in [6.07, 6.45) is 0. The molecule has 98 valence electrons. The first-order valence-corrected chi connectivity index (χ1v) is 11.4. The molecule has 0 aromatic rings. The third-order valence-corrected chi connectivity index (χ3v) is 5.71. The summed E-state index contributed by atoms with van der Waals surface area (Å²) in [6, 6.07) is 2.03. The highest BCUT2D eigenvalue weighted by Gasteiger charge is 2.39. The summed E-state index contributed by atoms with van der Waals surface area (Å²) in [6.45, 7) is 6.31. The molecule has 0 aliphatic carbocycles. The van der Waals surface area contributed by atoms with Gasteiger partial charge in [-0.15, -0.1) is 0 Å². The average Bonchev–Trinajstić information content (AvgIpc) is 2.29. The van der Waals surface area contributed by atoms with Crippen LogP contribution in [0, 0.1) is 17.2 Å². The lowest BCUT2D eigenvalue weighted by Crippen LogP contribution is -2.56. The molecule has 0 heterocycles. The maximum atomic E-state index is 11.8. The maximum absolute atomic E-state index is 11.8. The molecule has 3 atom stereocenters. The molecule has 0 bridgehead atoms. The Hall–Kier alpha value is 1.37. The molecule has 0 aromatic carbocycles. The molecule has 0 aliphatic rings. The van der Waals surface area contributed by atoms with E-state index >= 15 is 0 Å². The van der Waals surface area contributed by atoms with Crippen molar-refractivity contribution >= 4 is 77.2 Å². The molecule has 0 amide bonds. The molecule has 0 fully saturated rings. The second kappa shape index (κ2) is 9.33. The van der Waals surface area contributed by atoms with Crippen molar-refractivity contribution in [2.45, 2.75) is 13.8 Å². The number of rotatable bonds is 7. The molecule has 10 heteroatoms. The van der Waals surface area contributed by atoms with Crippen LogP contribution >= 0.6 is 59.2 Å². The average molecular weight is 509 g/mol. The number of nitrogens with zero attached hydrogens (tertiary/aromatic N) is 2. The minimum atomic E-state index is -1.29. The zero-order valence-electron chi connectivity index (χ0n) is 10.3. The van der Waals surface area contributed by atoms with E-state index in [1.54, 1.807) is 0 Å². The van der Waals surface area contributed by atoms with E-state index in [0.717, 1.165) is 13.1 Å². The van der Waals surface area contributed by atoms with Crippen LogP contribution in [0.1, 0.15) is 13.8 Å². The van der Waals surface area contributed by atoms with E-state index in [0.29, 0.717) is 10.9 Å². The van der Waals surface area contributed by atoms with Gasteiger partial charge in [-0.05, 0) is 35.9 Å². The van der Waals surface area contributed by atoms with Gasteiger partial charge in [0.25, 0.3) is 0 Å². The molecule has 0 spiro atoms. The molecular formula is C8H15B2I2N2O2P2+. The molecule has 4 nitrogen and oxygen atoms in total. The Morgan fingerprint density at radius 2 is 2.17 bits per heavy atom. The summed E-state index contributed by atoms with van der Waals surface area (Å²) in [5, 5.41) is 9.14. The first-order chi connectivity index (χ1) is 8.32. The predicted molar refractivity (Wildman–Crippen MR) is 97.6 cm³/mol. The number of hydrogen-bond acceptors (Lipinski definition) is 3. The third kappa shape index (κ3) is 5.78. The summed E-state index contributed by atoms with van der Waals surface area (Å²) in [4.78, 5) is 11.8. The van der Waals surface area contributed by atoms with Crippen LogP contribution in [-0.2, 0) is 9.32 Å². The molecule has 2 radical (unpaired) electrons. The second-order valence-electron chi connectivity index (χ2n) is 3.77. The van der Waals surface area contributed by atoms with Crippen molar-refractivity contribution < 1.29 is 13.7 Å². The fourth-order valence-corrected chi connectivity index (χ4v) is 4.05. The van der Waals surface area contributed by atoms with Crippen LogP contribution in [0.3, 0.4) is 0 Å². The topological polar surface area (TPSA) is 50.1 Å². The Labute approximate surface area is 140 Å². The Bertz CT molecular complexity index is 325. The predicted octanol–water partition coefficient (Wildman–Crippen LogP) is 2.65. The highest BCUT2D eigenvalue weighted by Crippen LogP contribution is 2.41. The van der Waals surface area contributed by atoms with Crippen LogP contribution < -0.4 is 0 Å². The van der Waals surface area contributed by atoms with Gasteiger partial charge in [0.1, 0.15) is 0 Å². The van der Waals surface area contributed by atoms with Crippen LogP contribution in [0.5, 0.6) is 0 Å². The van der Waals surface area contributed by atoms with Crippen molar-refractivity contribution in [1.29, 1.82) is 5.26 Å². The number of nitriles is 1. The van der Waals surface area contributed by atoms with E-state index in [1.165, 1.54) is 0 Å². The zero-order valence-corrected chi connectivity index (χ0v) is 16.7. The fourth-order valence-electron chi connectivity index (χ4n) is 1.61. The second-order valence-corrected chi connectivity index (χ2v) is 10.6. The molecule has 0 rings (SSSR count). The number of hydrogen-bond donors (Lipinski definition) is 0. The van der Waals surface area contributed by atoms with Crippen LogP contribution in [0.4, 0.5) is 0 Å². The third-order valence-electron chi connectivity index (χ3n) is 2.95. The van der Waals surface area contributed by atoms with Crippen molar-refractivity contribution in [3.05, 3.63) is 0 Å². The van der Waals surface area contributed by atoms with Gasteiger partial charge in [-0.1, -0.05) is 31.5 Å². The van der Waals surface area contributed by atoms with Crippen molar-refractivity contribution in [3.63, 3.8) is 0 Å². The van der Waals surface area contributed by atoms with E-state index < -0.39 is 17.6 Å². The van der Waals surface area contributed by atoms with E-state index in [9.17, 15) is 4.79 Å². The van der Waals surface area contributed by atoms with Gasteiger partial charge in [0.05, 0.1) is 31.4 Å². The molecule has 18 heavy (non-hydrogen) atoms. The summed E-state index contributed by atoms with van der Waals surface area (Å²) in [5.74, 6) is -1.27. The van der Waals surface area contributed by atoms with Crippen LogP contribution in [0.25, 0.3) is 0 Å². The normalized spacial score (nSPS) is 14.4. The molecule has 0 aromatic heterocycles. The van der Waals surface area contributed by atoms with Gasteiger partial charge in [0.15, 0.2) is 13.5 Å². The lowest BCUT2D eigenvalue weighted by molar-refractivity contribution is -0.818. The SMILES string of the molecule is [B]P(I)OC(=O)C(C#N)C[N+](CC)(CC)B(P)I. The van der Waals surface area contributed by atoms with Crippen LogP contribution in [-0.4, -0.2) is 42.0 Å². The molecule has 3 unspecified atom stereocenters. The van der Waals surface area contributed by atoms with Crippen LogP contribution in [0.15, 0.2) is 0 Å². The molecular weight excluding hydrogens is 493 g/mol. The van der Waals surface area contributed by atoms with Crippen molar-refractivity contribution in [3.8, 4) is 6.07 Å². The first kappa shape index (κ1) is 19.4. The van der Waals surface area contributed by atoms with Gasteiger partial charge in [-0.25, -0.2) is 0 Å². The van der Waals surface area contributed by atoms with Crippen molar-refractivity contribution in [2.75, 3.05) is 19.6 Å². The van der Waals surface area contributed by atoms with Gasteiger partial charge in [0.2, 0.25) is 0 Å². The van der Waals surface area contributed by atoms with Crippen molar-refractivity contribution in [2.24, 2.45) is 5.92 Å². The van der Waals surface area contributed by atoms with Crippen molar-refractivity contribution in [1.82, 2.24) is 0 Å². The summed E-state index contributed by atoms with van der Waals surface area (Å²) in [5.41, 5.74) is -1.29. The Morgan fingerprint density at radius 3 is 2.44 bits per heavy atom. The number of quaternary nitrogens is 1. The zero-order chi connectivity index (χ0) is 14.3. The van der Waals surface area contributed by atoms with E-state index in [1.807, 2.05) is 28.1 Å². The largest absolute Gasteiger partial charge is 0.494 e. The summed E-state index contributed by atoms with van der Waals surface area (Å²) < 4.78 is 5.90. The Kier molecular flexibility index (Phi) is 10.0. The molecule has 0 aliphatic heterocycles. The van der Waals surface area contributed by atoms with Gasteiger partial charge in [0, 0.05) is 0 Å². The molecule has 0 saturated carbocycles. The minimum absolute atomic E-state index is 0.250. The lowest BCUT2D eigenvalue weighted by Gasteiger charge is -2.39. The summed E-state index contributed by atoms with van der Waals surface area (Å²) in [7, 11) is 8.21.